The molecule has 1 aromatic carbocycles. The van der Waals surface area contributed by atoms with Crippen molar-refractivity contribution in [3.8, 4) is 0 Å². The van der Waals surface area contributed by atoms with Gasteiger partial charge >= 0.3 is 0 Å². The van der Waals surface area contributed by atoms with Crippen LogP contribution in [0, 0.1) is 0 Å². The molecule has 0 heterocycles. The molecule has 4 unspecified atom stereocenters. The number of nitrogens with two attached hydrogens (primary N) is 1. The van der Waals surface area contributed by atoms with Gasteiger partial charge in [0.15, 0.2) is 0 Å². The molecule has 1 saturated carbocycles. The minimum Gasteiger partial charge on any atom is -0.377 e. The molecule has 1 fully saturated rings. The van der Waals surface area contributed by atoms with E-state index in [2.05, 4.69) is 4.72 Å². The lowest BCUT2D eigenvalue weighted by atomic mass is 9.84. The molecule has 0 spiro atoms. The number of nitrogens with one attached hydrogen (secondary N) is 1. The Labute approximate surface area is 126 Å². The van der Waals surface area contributed by atoms with Crippen LogP contribution in [0.5, 0.6) is 0 Å². The zero-order valence-electron chi connectivity index (χ0n) is 12.5. The molecule has 118 valence electrons. The highest BCUT2D eigenvalue weighted by molar-refractivity contribution is 7.89. The van der Waals surface area contributed by atoms with Crippen LogP contribution in [-0.2, 0) is 14.8 Å². The Morgan fingerprint density at radius 2 is 2.05 bits per heavy atom. The van der Waals surface area contributed by atoms with Crippen LogP contribution < -0.4 is 10.5 Å². The average molecular weight is 312 g/mol. The third-order valence-electron chi connectivity index (χ3n) is 3.90. The molecule has 4 atom stereocenters. The minimum atomic E-state index is -3.38. The van der Waals surface area contributed by atoms with E-state index in [-0.39, 0.29) is 29.9 Å². The SMILES string of the molecule is CCOC1CC(N)C1NS(=O)(=O)CC(C)c1ccccc1. The van der Waals surface area contributed by atoms with Crippen molar-refractivity contribution in [3.63, 3.8) is 0 Å². The summed E-state index contributed by atoms with van der Waals surface area (Å²) >= 11 is 0. The molecule has 0 saturated heterocycles. The van der Waals surface area contributed by atoms with Crippen LogP contribution in [0.15, 0.2) is 30.3 Å². The Morgan fingerprint density at radius 1 is 1.38 bits per heavy atom. The first kappa shape index (κ1) is 16.4. The van der Waals surface area contributed by atoms with Crippen molar-refractivity contribution in [2.24, 2.45) is 5.73 Å². The summed E-state index contributed by atoms with van der Waals surface area (Å²) in [5.74, 6) is -0.00967. The molecule has 0 aromatic heterocycles. The van der Waals surface area contributed by atoms with Crippen LogP contribution in [0.1, 0.15) is 31.7 Å². The van der Waals surface area contributed by atoms with Crippen molar-refractivity contribution in [3.05, 3.63) is 35.9 Å². The molecule has 1 aliphatic rings. The number of rotatable bonds is 7. The fraction of sp³-hybridized carbons (Fsp3) is 0.600. The Hall–Kier alpha value is -0.950. The zero-order chi connectivity index (χ0) is 15.5. The predicted octanol–water partition coefficient (Wildman–Crippen LogP) is 1.21. The zero-order valence-corrected chi connectivity index (χ0v) is 13.3. The van der Waals surface area contributed by atoms with Crippen molar-refractivity contribution in [1.82, 2.24) is 4.72 Å². The smallest absolute Gasteiger partial charge is 0.212 e. The van der Waals surface area contributed by atoms with E-state index in [1.807, 2.05) is 44.2 Å². The average Bonchev–Trinajstić information content (AvgIpc) is 2.45. The first-order valence-electron chi connectivity index (χ1n) is 7.35. The Bertz CT molecular complexity index is 545. The van der Waals surface area contributed by atoms with Gasteiger partial charge in [0.25, 0.3) is 0 Å². The Morgan fingerprint density at radius 3 is 2.62 bits per heavy atom. The van der Waals surface area contributed by atoms with E-state index in [9.17, 15) is 8.42 Å². The van der Waals surface area contributed by atoms with Gasteiger partial charge in [0.05, 0.1) is 17.9 Å². The van der Waals surface area contributed by atoms with Crippen LogP contribution >= 0.6 is 0 Å². The van der Waals surface area contributed by atoms with E-state index >= 15 is 0 Å². The van der Waals surface area contributed by atoms with Gasteiger partial charge in [-0.15, -0.1) is 0 Å². The van der Waals surface area contributed by atoms with Crippen molar-refractivity contribution in [2.45, 2.75) is 44.4 Å². The van der Waals surface area contributed by atoms with Crippen LogP contribution in [0.3, 0.4) is 0 Å². The van der Waals surface area contributed by atoms with Crippen LogP contribution in [0.4, 0.5) is 0 Å². The molecular weight excluding hydrogens is 288 g/mol. The Balaban J connectivity index is 1.96. The fourth-order valence-electron chi connectivity index (χ4n) is 2.65. The largest absolute Gasteiger partial charge is 0.377 e. The normalized spacial score (nSPS) is 27.1. The van der Waals surface area contributed by atoms with Gasteiger partial charge in [0.1, 0.15) is 0 Å². The maximum atomic E-state index is 12.3. The molecule has 2 rings (SSSR count). The second-order valence-electron chi connectivity index (χ2n) is 5.63. The molecule has 3 N–H and O–H groups in total. The van der Waals surface area contributed by atoms with Gasteiger partial charge in [-0.2, -0.15) is 0 Å². The summed E-state index contributed by atoms with van der Waals surface area (Å²) in [6.07, 6.45) is 0.599. The van der Waals surface area contributed by atoms with Crippen molar-refractivity contribution in [2.75, 3.05) is 12.4 Å². The van der Waals surface area contributed by atoms with E-state index in [4.69, 9.17) is 10.5 Å². The highest BCUT2D eigenvalue weighted by atomic mass is 32.2. The fourth-order valence-corrected chi connectivity index (χ4v) is 4.34. The summed E-state index contributed by atoms with van der Waals surface area (Å²) in [7, 11) is -3.38. The quantitative estimate of drug-likeness (QED) is 0.793. The van der Waals surface area contributed by atoms with Crippen molar-refractivity contribution < 1.29 is 13.2 Å². The van der Waals surface area contributed by atoms with E-state index in [0.29, 0.717) is 13.0 Å². The molecule has 0 aliphatic heterocycles. The van der Waals surface area contributed by atoms with Gasteiger partial charge in [0.2, 0.25) is 10.0 Å². The van der Waals surface area contributed by atoms with Gasteiger partial charge in [-0.1, -0.05) is 37.3 Å². The summed E-state index contributed by atoms with van der Waals surface area (Å²) in [6, 6.07) is 9.17. The lowest BCUT2D eigenvalue weighted by molar-refractivity contribution is -0.0248. The number of hydrogen-bond acceptors (Lipinski definition) is 4. The molecule has 0 radical (unpaired) electrons. The van der Waals surface area contributed by atoms with E-state index in [1.165, 1.54) is 0 Å². The maximum absolute atomic E-state index is 12.3. The second kappa shape index (κ2) is 6.87. The van der Waals surface area contributed by atoms with Gasteiger partial charge in [-0.25, -0.2) is 13.1 Å². The van der Waals surface area contributed by atoms with Gasteiger partial charge in [0, 0.05) is 12.6 Å². The topological polar surface area (TPSA) is 81.4 Å². The van der Waals surface area contributed by atoms with Crippen molar-refractivity contribution in [1.29, 1.82) is 0 Å². The molecular formula is C15H24N2O3S. The number of ether oxygens (including phenoxy) is 1. The summed E-state index contributed by atoms with van der Waals surface area (Å²) in [6.45, 7) is 4.37. The standard InChI is InChI=1S/C15H24N2O3S/c1-3-20-14-9-13(16)15(14)17-21(18,19)10-11(2)12-7-5-4-6-8-12/h4-8,11,13-15,17H,3,9-10,16H2,1-2H3. The molecule has 5 nitrogen and oxygen atoms in total. The highest BCUT2D eigenvalue weighted by Gasteiger charge is 2.41. The summed E-state index contributed by atoms with van der Waals surface area (Å²) in [5.41, 5.74) is 6.90. The second-order valence-corrected chi connectivity index (χ2v) is 7.43. The molecule has 6 heteroatoms. The summed E-state index contributed by atoms with van der Waals surface area (Å²) in [4.78, 5) is 0. The van der Waals surface area contributed by atoms with E-state index < -0.39 is 10.0 Å². The minimum absolute atomic E-state index is 0.0546. The predicted molar refractivity (Wildman–Crippen MR) is 83.6 cm³/mol. The maximum Gasteiger partial charge on any atom is 0.212 e. The van der Waals surface area contributed by atoms with Crippen LogP contribution in [-0.4, -0.2) is 39.0 Å². The summed E-state index contributed by atoms with van der Waals surface area (Å²) in [5, 5.41) is 0. The van der Waals surface area contributed by atoms with Gasteiger partial charge in [-0.05, 0) is 24.8 Å². The molecule has 0 bridgehead atoms. The third kappa shape index (κ3) is 4.26. The van der Waals surface area contributed by atoms with Crippen LogP contribution in [0.2, 0.25) is 0 Å². The summed E-state index contributed by atoms with van der Waals surface area (Å²) < 4.78 is 32.8. The molecule has 21 heavy (non-hydrogen) atoms. The molecule has 0 amide bonds. The first-order valence-corrected chi connectivity index (χ1v) is 9.00. The van der Waals surface area contributed by atoms with E-state index in [0.717, 1.165) is 5.56 Å². The molecule has 1 aromatic rings. The number of hydrogen-bond donors (Lipinski definition) is 2. The number of sulfonamides is 1. The van der Waals surface area contributed by atoms with Gasteiger partial charge < -0.3 is 10.5 Å². The van der Waals surface area contributed by atoms with Gasteiger partial charge in [-0.3, -0.25) is 0 Å². The number of benzene rings is 1. The third-order valence-corrected chi connectivity index (χ3v) is 5.47. The molecule has 1 aliphatic carbocycles. The Kier molecular flexibility index (Phi) is 5.37. The lowest BCUT2D eigenvalue weighted by Crippen LogP contribution is -2.65. The van der Waals surface area contributed by atoms with E-state index in [1.54, 1.807) is 0 Å². The first-order chi connectivity index (χ1) is 9.93. The van der Waals surface area contributed by atoms with Crippen molar-refractivity contribution >= 4 is 10.0 Å². The van der Waals surface area contributed by atoms with Crippen LogP contribution in [0.25, 0.3) is 0 Å². The monoisotopic (exact) mass is 312 g/mol. The lowest BCUT2D eigenvalue weighted by Gasteiger charge is -2.42. The highest BCUT2D eigenvalue weighted by Crippen LogP contribution is 2.24.